The van der Waals surface area contributed by atoms with E-state index in [2.05, 4.69) is 5.32 Å². The summed E-state index contributed by atoms with van der Waals surface area (Å²) in [5, 5.41) is 3.37. The zero-order valence-corrected chi connectivity index (χ0v) is 13.6. The van der Waals surface area contributed by atoms with Gasteiger partial charge in [-0.15, -0.1) is 0 Å². The lowest BCUT2D eigenvalue weighted by molar-refractivity contribution is -0.127. The first-order chi connectivity index (χ1) is 11.0. The summed E-state index contributed by atoms with van der Waals surface area (Å²) in [5.74, 6) is -0.808. The molecular weight excluding hydrogens is 312 g/mol. The van der Waals surface area contributed by atoms with Crippen LogP contribution in [0.3, 0.4) is 0 Å². The van der Waals surface area contributed by atoms with Crippen molar-refractivity contribution in [3.05, 3.63) is 70.2 Å². The molecule has 2 aromatic carbocycles. The fourth-order valence-corrected chi connectivity index (χ4v) is 2.45. The maximum atomic E-state index is 12.1. The van der Waals surface area contributed by atoms with Gasteiger partial charge in [-0.05, 0) is 36.1 Å². The molecule has 4 nitrogen and oxygen atoms in total. The van der Waals surface area contributed by atoms with Crippen LogP contribution in [-0.4, -0.2) is 11.8 Å². The quantitative estimate of drug-likeness (QED) is 0.854. The number of benzene rings is 2. The predicted octanol–water partition coefficient (Wildman–Crippen LogP) is 2.92. The zero-order chi connectivity index (χ0) is 16.8. The number of carbonyl (C=O) groups is 2. The van der Waals surface area contributed by atoms with E-state index in [0.717, 1.165) is 11.1 Å². The van der Waals surface area contributed by atoms with Gasteiger partial charge < -0.3 is 11.1 Å². The minimum atomic E-state index is -0.815. The Balaban J connectivity index is 1.97. The molecule has 0 aliphatic rings. The lowest BCUT2D eigenvalue weighted by Gasteiger charge is -2.16. The Morgan fingerprint density at radius 1 is 1.17 bits per heavy atom. The van der Waals surface area contributed by atoms with E-state index >= 15 is 0 Å². The average Bonchev–Trinajstić information content (AvgIpc) is 2.54. The molecule has 2 aromatic rings. The van der Waals surface area contributed by atoms with Crippen molar-refractivity contribution < 1.29 is 9.59 Å². The molecule has 3 N–H and O–H groups in total. The fraction of sp³-hybridized carbons (Fsp3) is 0.222. The molecule has 2 amide bonds. The molecule has 0 saturated heterocycles. The Bertz CT molecular complexity index is 701. The maximum Gasteiger partial charge on any atom is 0.244 e. The van der Waals surface area contributed by atoms with E-state index in [9.17, 15) is 9.59 Å². The van der Waals surface area contributed by atoms with Gasteiger partial charge in [-0.3, -0.25) is 9.59 Å². The van der Waals surface area contributed by atoms with Gasteiger partial charge in [0.2, 0.25) is 11.8 Å². The van der Waals surface area contributed by atoms with Crippen molar-refractivity contribution in [1.29, 1.82) is 0 Å². The van der Waals surface area contributed by atoms with E-state index in [1.165, 1.54) is 0 Å². The summed E-state index contributed by atoms with van der Waals surface area (Å²) in [5.41, 5.74) is 8.04. The molecule has 0 spiro atoms. The number of hydrogen-bond donors (Lipinski definition) is 2. The van der Waals surface area contributed by atoms with E-state index in [1.807, 2.05) is 31.2 Å². The van der Waals surface area contributed by atoms with E-state index in [0.29, 0.717) is 17.0 Å². The standard InChI is InChI=1S/C18H19ClN2O2/c1-12-7-8-13(11-15(12)19)9-10-16(22)21-17(18(20)23)14-5-3-2-4-6-14/h2-8,11,17H,9-10H2,1H3,(H2,20,23)(H,21,22)/t17-/m0/s1. The van der Waals surface area contributed by atoms with Gasteiger partial charge in [-0.1, -0.05) is 54.1 Å². The highest BCUT2D eigenvalue weighted by Gasteiger charge is 2.19. The first kappa shape index (κ1) is 17.0. The molecule has 1 atom stereocenters. The SMILES string of the molecule is Cc1ccc(CCC(=O)N[C@H](C(N)=O)c2ccccc2)cc1Cl. The third-order valence-corrected chi connectivity index (χ3v) is 4.01. The average molecular weight is 331 g/mol. The van der Waals surface area contributed by atoms with Crippen LogP contribution in [0.25, 0.3) is 0 Å². The van der Waals surface area contributed by atoms with Crippen LogP contribution in [0.4, 0.5) is 0 Å². The van der Waals surface area contributed by atoms with Crippen molar-refractivity contribution >= 4 is 23.4 Å². The summed E-state index contributed by atoms with van der Waals surface area (Å²) in [4.78, 5) is 23.7. The molecule has 0 saturated carbocycles. The third-order valence-electron chi connectivity index (χ3n) is 3.60. The van der Waals surface area contributed by atoms with Gasteiger partial charge in [0, 0.05) is 11.4 Å². The van der Waals surface area contributed by atoms with Crippen LogP contribution in [0, 0.1) is 6.92 Å². The molecule has 2 rings (SSSR count). The van der Waals surface area contributed by atoms with Crippen molar-refractivity contribution in [2.75, 3.05) is 0 Å². The van der Waals surface area contributed by atoms with Gasteiger partial charge in [-0.2, -0.15) is 0 Å². The molecule has 0 aliphatic carbocycles. The van der Waals surface area contributed by atoms with Gasteiger partial charge in [0.1, 0.15) is 6.04 Å². The number of rotatable bonds is 6. The monoisotopic (exact) mass is 330 g/mol. The summed E-state index contributed by atoms with van der Waals surface area (Å²) in [6, 6.07) is 13.9. The summed E-state index contributed by atoms with van der Waals surface area (Å²) >= 11 is 6.07. The summed E-state index contributed by atoms with van der Waals surface area (Å²) in [7, 11) is 0. The van der Waals surface area contributed by atoms with Crippen LogP contribution in [0.15, 0.2) is 48.5 Å². The van der Waals surface area contributed by atoms with Crippen LogP contribution in [-0.2, 0) is 16.0 Å². The van der Waals surface area contributed by atoms with E-state index in [4.69, 9.17) is 17.3 Å². The number of halogens is 1. The molecule has 5 heteroatoms. The molecule has 120 valence electrons. The number of nitrogens with one attached hydrogen (secondary N) is 1. The molecule has 0 aliphatic heterocycles. The lowest BCUT2D eigenvalue weighted by Crippen LogP contribution is -2.37. The highest BCUT2D eigenvalue weighted by molar-refractivity contribution is 6.31. The Morgan fingerprint density at radius 3 is 2.48 bits per heavy atom. The van der Waals surface area contributed by atoms with Crippen molar-refractivity contribution in [3.8, 4) is 0 Å². The summed E-state index contributed by atoms with van der Waals surface area (Å²) in [6.07, 6.45) is 0.808. The molecule has 0 heterocycles. The largest absolute Gasteiger partial charge is 0.368 e. The maximum absolute atomic E-state index is 12.1. The third kappa shape index (κ3) is 4.83. The minimum Gasteiger partial charge on any atom is -0.368 e. The fourth-order valence-electron chi connectivity index (χ4n) is 2.25. The van der Waals surface area contributed by atoms with E-state index < -0.39 is 11.9 Å². The Hall–Kier alpha value is -2.33. The molecule has 0 unspecified atom stereocenters. The molecule has 23 heavy (non-hydrogen) atoms. The molecule has 0 fully saturated rings. The molecular formula is C18H19ClN2O2. The first-order valence-electron chi connectivity index (χ1n) is 7.36. The molecule has 0 radical (unpaired) electrons. The Labute approximate surface area is 140 Å². The summed E-state index contributed by atoms with van der Waals surface area (Å²) in [6.45, 7) is 1.93. The van der Waals surface area contributed by atoms with Crippen LogP contribution in [0.5, 0.6) is 0 Å². The predicted molar refractivity (Wildman–Crippen MR) is 91.0 cm³/mol. The normalized spacial score (nSPS) is 11.7. The van der Waals surface area contributed by atoms with Crippen LogP contribution >= 0.6 is 11.6 Å². The number of primary amides is 1. The summed E-state index contributed by atoms with van der Waals surface area (Å²) < 4.78 is 0. The Morgan fingerprint density at radius 2 is 1.87 bits per heavy atom. The van der Waals surface area contributed by atoms with Gasteiger partial charge in [0.25, 0.3) is 0 Å². The van der Waals surface area contributed by atoms with Crippen molar-refractivity contribution in [3.63, 3.8) is 0 Å². The molecule has 0 aromatic heterocycles. The van der Waals surface area contributed by atoms with Gasteiger partial charge in [0.15, 0.2) is 0 Å². The van der Waals surface area contributed by atoms with Gasteiger partial charge in [0.05, 0.1) is 0 Å². The van der Waals surface area contributed by atoms with E-state index in [1.54, 1.807) is 24.3 Å². The topological polar surface area (TPSA) is 72.2 Å². The number of aryl methyl sites for hydroxylation is 2. The number of amides is 2. The Kier molecular flexibility index (Phi) is 5.77. The van der Waals surface area contributed by atoms with Gasteiger partial charge in [-0.25, -0.2) is 0 Å². The number of nitrogens with two attached hydrogens (primary N) is 1. The molecule has 0 bridgehead atoms. The van der Waals surface area contributed by atoms with Crippen molar-refractivity contribution in [2.24, 2.45) is 5.73 Å². The highest BCUT2D eigenvalue weighted by atomic mass is 35.5. The second-order valence-electron chi connectivity index (χ2n) is 5.40. The van der Waals surface area contributed by atoms with E-state index in [-0.39, 0.29) is 12.3 Å². The van der Waals surface area contributed by atoms with Gasteiger partial charge >= 0.3 is 0 Å². The number of hydrogen-bond acceptors (Lipinski definition) is 2. The second-order valence-corrected chi connectivity index (χ2v) is 5.80. The lowest BCUT2D eigenvalue weighted by atomic mass is 10.0. The van der Waals surface area contributed by atoms with Crippen LogP contribution in [0.1, 0.15) is 29.2 Å². The van der Waals surface area contributed by atoms with Crippen molar-refractivity contribution in [2.45, 2.75) is 25.8 Å². The minimum absolute atomic E-state index is 0.227. The zero-order valence-electron chi connectivity index (χ0n) is 12.9. The smallest absolute Gasteiger partial charge is 0.244 e. The number of carbonyl (C=O) groups excluding carboxylic acids is 2. The second kappa shape index (κ2) is 7.79. The first-order valence-corrected chi connectivity index (χ1v) is 7.74. The van der Waals surface area contributed by atoms with Crippen LogP contribution in [0.2, 0.25) is 5.02 Å². The highest BCUT2D eigenvalue weighted by Crippen LogP contribution is 2.18. The van der Waals surface area contributed by atoms with Crippen LogP contribution < -0.4 is 11.1 Å². The van der Waals surface area contributed by atoms with Crippen molar-refractivity contribution in [1.82, 2.24) is 5.32 Å².